The molecule has 132 valence electrons. The van der Waals surface area contributed by atoms with Crippen LogP contribution in [0.2, 0.25) is 5.02 Å². The highest BCUT2D eigenvalue weighted by molar-refractivity contribution is 6.36. The van der Waals surface area contributed by atoms with Crippen LogP contribution >= 0.6 is 11.6 Å². The molecule has 7 heteroatoms. The Kier molecular flexibility index (Phi) is 4.20. The number of carbonyl (C=O) groups is 2. The normalized spacial score (nSPS) is 21.6. The number of hydrogen-bond donors (Lipinski definition) is 0. The van der Waals surface area contributed by atoms with E-state index >= 15 is 0 Å². The largest absolute Gasteiger partial charge is 0.271 e. The van der Waals surface area contributed by atoms with Gasteiger partial charge in [-0.2, -0.15) is 5.11 Å². The van der Waals surface area contributed by atoms with Crippen LogP contribution in [-0.2, 0) is 22.6 Å². The lowest BCUT2D eigenvalue weighted by Crippen LogP contribution is -2.39. The Balaban J connectivity index is 1.59. The van der Waals surface area contributed by atoms with Gasteiger partial charge in [0.2, 0.25) is 0 Å². The lowest BCUT2D eigenvalue weighted by molar-refractivity contribution is -0.123. The fourth-order valence-corrected chi connectivity index (χ4v) is 3.51. The lowest BCUT2D eigenvalue weighted by Gasteiger charge is -2.21. The summed E-state index contributed by atoms with van der Waals surface area (Å²) in [5.41, 5.74) is 2.64. The first-order valence-corrected chi connectivity index (χ1v) is 8.85. The van der Waals surface area contributed by atoms with Crippen LogP contribution < -0.4 is 4.90 Å². The summed E-state index contributed by atoms with van der Waals surface area (Å²) < 4.78 is 0. The molecule has 2 aromatic carbocycles. The first-order valence-electron chi connectivity index (χ1n) is 8.47. The predicted molar refractivity (Wildman–Crippen MR) is 97.7 cm³/mol. The first kappa shape index (κ1) is 16.7. The third-order valence-corrected chi connectivity index (χ3v) is 5.05. The monoisotopic (exact) mass is 368 g/mol. The molecule has 6 nitrogen and oxygen atoms in total. The van der Waals surface area contributed by atoms with Crippen molar-refractivity contribution in [3.63, 3.8) is 0 Å². The Morgan fingerprint density at radius 3 is 2.38 bits per heavy atom. The zero-order chi connectivity index (χ0) is 18.3. The zero-order valence-corrected chi connectivity index (χ0v) is 14.9. The molecule has 0 radical (unpaired) electrons. The van der Waals surface area contributed by atoms with Gasteiger partial charge in [-0.25, -0.2) is 4.90 Å². The summed E-state index contributed by atoms with van der Waals surface area (Å²) in [7, 11) is 0. The fraction of sp³-hybridized carbons (Fsp3) is 0.263. The molecule has 0 N–H and O–H groups in total. The average molecular weight is 369 g/mol. The van der Waals surface area contributed by atoms with Crippen molar-refractivity contribution in [3.8, 4) is 0 Å². The van der Waals surface area contributed by atoms with Gasteiger partial charge < -0.3 is 0 Å². The van der Waals surface area contributed by atoms with E-state index in [0.29, 0.717) is 17.3 Å². The van der Waals surface area contributed by atoms with E-state index in [9.17, 15) is 9.59 Å². The number of para-hydroxylation sites is 1. The Labute approximate surface area is 156 Å². The third-order valence-electron chi connectivity index (χ3n) is 4.73. The van der Waals surface area contributed by atoms with Gasteiger partial charge in [0.15, 0.2) is 12.1 Å². The van der Waals surface area contributed by atoms with E-state index in [0.717, 1.165) is 16.9 Å². The van der Waals surface area contributed by atoms with Crippen molar-refractivity contribution in [2.24, 2.45) is 10.3 Å². The van der Waals surface area contributed by atoms with Gasteiger partial charge in [-0.05, 0) is 29.7 Å². The van der Waals surface area contributed by atoms with E-state index in [4.69, 9.17) is 11.6 Å². The molecule has 0 spiro atoms. The number of nitrogens with zero attached hydrogens (tertiary/aromatic N) is 4. The Morgan fingerprint density at radius 2 is 1.69 bits per heavy atom. The Hall–Kier alpha value is -2.73. The van der Waals surface area contributed by atoms with E-state index in [2.05, 4.69) is 29.4 Å². The maximum Gasteiger partial charge on any atom is 0.263 e. The third kappa shape index (κ3) is 2.66. The van der Waals surface area contributed by atoms with Crippen LogP contribution in [0.1, 0.15) is 18.1 Å². The Bertz CT molecular complexity index is 897. The molecule has 1 fully saturated rings. The SMILES string of the molecule is CCc1ccc(CN2N=NC3C(=O)N(c4ccccc4Cl)C(=O)C32)cc1. The van der Waals surface area contributed by atoms with Crippen molar-refractivity contribution in [1.29, 1.82) is 0 Å². The molecule has 0 aliphatic carbocycles. The van der Waals surface area contributed by atoms with Gasteiger partial charge in [0, 0.05) is 0 Å². The number of benzene rings is 2. The zero-order valence-electron chi connectivity index (χ0n) is 14.2. The van der Waals surface area contributed by atoms with Crippen molar-refractivity contribution >= 4 is 29.1 Å². The molecule has 0 aromatic heterocycles. The maximum atomic E-state index is 12.9. The minimum absolute atomic E-state index is 0.344. The second-order valence-corrected chi connectivity index (χ2v) is 6.73. The van der Waals surface area contributed by atoms with Crippen molar-refractivity contribution in [1.82, 2.24) is 5.01 Å². The standard InChI is InChI=1S/C19H17ClN4O2/c1-2-12-7-9-13(10-8-12)11-23-17-16(21-22-23)18(25)24(19(17)26)15-6-4-3-5-14(15)20/h3-10,16-17H,2,11H2,1H3. The molecular formula is C19H17ClN4O2. The molecule has 26 heavy (non-hydrogen) atoms. The van der Waals surface area contributed by atoms with Gasteiger partial charge in [-0.1, -0.05) is 60.1 Å². The van der Waals surface area contributed by atoms with Crippen molar-refractivity contribution < 1.29 is 9.59 Å². The molecule has 1 saturated heterocycles. The summed E-state index contributed by atoms with van der Waals surface area (Å²) in [6.45, 7) is 2.52. The summed E-state index contributed by atoms with van der Waals surface area (Å²) in [5, 5.41) is 10.0. The van der Waals surface area contributed by atoms with Gasteiger partial charge in [0.1, 0.15) is 0 Å². The average Bonchev–Trinajstić information content (AvgIpc) is 3.17. The van der Waals surface area contributed by atoms with Crippen LogP contribution in [0.4, 0.5) is 5.69 Å². The summed E-state index contributed by atoms with van der Waals surface area (Å²) >= 11 is 6.17. The molecule has 2 aromatic rings. The maximum absolute atomic E-state index is 12.9. The number of anilines is 1. The second-order valence-electron chi connectivity index (χ2n) is 6.33. The number of amides is 2. The number of imide groups is 1. The summed E-state index contributed by atoms with van der Waals surface area (Å²) in [6.07, 6.45) is 0.966. The molecule has 4 rings (SSSR count). The molecule has 2 atom stereocenters. The predicted octanol–water partition coefficient (Wildman–Crippen LogP) is 3.40. The van der Waals surface area contributed by atoms with Crippen LogP contribution in [0, 0.1) is 0 Å². The minimum atomic E-state index is -0.811. The molecule has 0 saturated carbocycles. The van der Waals surface area contributed by atoms with E-state index < -0.39 is 12.1 Å². The van der Waals surface area contributed by atoms with Gasteiger partial charge in [-0.3, -0.25) is 14.6 Å². The number of aryl methyl sites for hydroxylation is 1. The molecule has 2 unspecified atom stereocenters. The van der Waals surface area contributed by atoms with Crippen LogP contribution in [0.15, 0.2) is 58.9 Å². The van der Waals surface area contributed by atoms with Gasteiger partial charge in [0.25, 0.3) is 11.8 Å². The number of rotatable bonds is 4. The summed E-state index contributed by atoms with van der Waals surface area (Å²) in [4.78, 5) is 26.8. The number of halogens is 1. The molecule has 2 amide bonds. The van der Waals surface area contributed by atoms with Crippen LogP contribution in [0.25, 0.3) is 0 Å². The molecule has 0 bridgehead atoms. The van der Waals surface area contributed by atoms with Crippen LogP contribution in [0.3, 0.4) is 0 Å². The number of hydrogen-bond acceptors (Lipinski definition) is 5. The first-order chi connectivity index (χ1) is 12.6. The van der Waals surface area contributed by atoms with Crippen LogP contribution in [0.5, 0.6) is 0 Å². The van der Waals surface area contributed by atoms with E-state index in [1.807, 2.05) is 12.1 Å². The van der Waals surface area contributed by atoms with E-state index in [1.54, 1.807) is 29.3 Å². The topological polar surface area (TPSA) is 65.3 Å². The Morgan fingerprint density at radius 1 is 1.00 bits per heavy atom. The van der Waals surface area contributed by atoms with Crippen molar-refractivity contribution in [2.45, 2.75) is 32.0 Å². The van der Waals surface area contributed by atoms with Crippen molar-refractivity contribution in [3.05, 3.63) is 64.7 Å². The molecule has 2 aliphatic rings. The van der Waals surface area contributed by atoms with Crippen LogP contribution in [-0.4, -0.2) is 28.9 Å². The quantitative estimate of drug-likeness (QED) is 0.777. The fourth-order valence-electron chi connectivity index (χ4n) is 3.29. The summed E-state index contributed by atoms with van der Waals surface area (Å²) in [6, 6.07) is 13.4. The van der Waals surface area contributed by atoms with E-state index in [-0.39, 0.29) is 11.8 Å². The highest BCUT2D eigenvalue weighted by atomic mass is 35.5. The smallest absolute Gasteiger partial charge is 0.263 e. The highest BCUT2D eigenvalue weighted by Crippen LogP contribution is 2.35. The number of carbonyl (C=O) groups excluding carboxylic acids is 2. The second kappa shape index (κ2) is 6.53. The molecule has 2 aliphatic heterocycles. The molecule has 2 heterocycles. The van der Waals surface area contributed by atoms with Gasteiger partial charge in [-0.15, -0.1) is 0 Å². The lowest BCUT2D eigenvalue weighted by atomic mass is 10.1. The van der Waals surface area contributed by atoms with Crippen molar-refractivity contribution in [2.75, 3.05) is 4.90 Å². The minimum Gasteiger partial charge on any atom is -0.271 e. The van der Waals surface area contributed by atoms with Gasteiger partial charge >= 0.3 is 0 Å². The summed E-state index contributed by atoms with van der Waals surface area (Å²) in [5.74, 6) is -0.732. The molecular weight excluding hydrogens is 352 g/mol. The van der Waals surface area contributed by atoms with E-state index in [1.165, 1.54) is 5.56 Å². The number of fused-ring (bicyclic) bond motifs is 1. The van der Waals surface area contributed by atoms with Gasteiger partial charge in [0.05, 0.1) is 17.3 Å². The highest BCUT2D eigenvalue weighted by Gasteiger charge is 2.55.